The molecule has 2 aromatic rings. The number of hydrogen-bond donors (Lipinski definition) is 2. The zero-order valence-corrected chi connectivity index (χ0v) is 14.8. The zero-order chi connectivity index (χ0) is 18.5. The molecule has 2 N–H and O–H groups in total. The van der Waals surface area contributed by atoms with Crippen molar-refractivity contribution in [2.75, 3.05) is 0 Å². The van der Waals surface area contributed by atoms with Gasteiger partial charge in [-0.05, 0) is 55.0 Å². The summed E-state index contributed by atoms with van der Waals surface area (Å²) >= 11 is 0. The van der Waals surface area contributed by atoms with E-state index in [1.54, 1.807) is 12.1 Å². The van der Waals surface area contributed by atoms with E-state index in [4.69, 9.17) is 0 Å². The first-order chi connectivity index (χ1) is 12.5. The van der Waals surface area contributed by atoms with Gasteiger partial charge in [-0.3, -0.25) is 25.2 Å². The average Bonchev–Trinajstić information content (AvgIpc) is 3.12. The predicted molar refractivity (Wildman–Crippen MR) is 98.8 cm³/mol. The number of nitrogens with one attached hydrogen (secondary N) is 2. The van der Waals surface area contributed by atoms with Crippen LogP contribution in [0.15, 0.2) is 42.5 Å². The zero-order valence-electron chi connectivity index (χ0n) is 14.8. The van der Waals surface area contributed by atoms with Crippen LogP contribution in [0.25, 0.3) is 0 Å². The molecule has 0 unspecified atom stereocenters. The molecule has 5 nitrogen and oxygen atoms in total. The third-order valence-corrected chi connectivity index (χ3v) is 4.70. The lowest BCUT2D eigenvalue weighted by atomic mass is 10.0. The van der Waals surface area contributed by atoms with Crippen LogP contribution in [0.1, 0.15) is 56.7 Å². The highest BCUT2D eigenvalue weighted by atomic mass is 16.2. The third-order valence-electron chi connectivity index (χ3n) is 4.70. The molecular weight excluding hydrogens is 328 g/mol. The fourth-order valence-corrected chi connectivity index (χ4v) is 3.20. The summed E-state index contributed by atoms with van der Waals surface area (Å²) in [4.78, 5) is 36.2. The number of rotatable bonds is 5. The number of fused-ring (bicyclic) bond motifs is 1. The number of carbonyl (C=O) groups excluding carboxylic acids is 3. The number of benzene rings is 2. The molecule has 0 radical (unpaired) electrons. The SMILES string of the molecule is Cc1ccccc1C(=O)NNC(=O)CCC(=O)c1ccc2c(c1)CCC2. The summed E-state index contributed by atoms with van der Waals surface area (Å²) in [5, 5.41) is 0. The van der Waals surface area contributed by atoms with Crippen LogP contribution < -0.4 is 10.9 Å². The number of Topliss-reactive ketones (excluding diaryl/α,β-unsaturated/α-hetero) is 1. The smallest absolute Gasteiger partial charge is 0.269 e. The minimum Gasteiger partial charge on any atom is -0.294 e. The van der Waals surface area contributed by atoms with Crippen LogP contribution in [0.2, 0.25) is 0 Å². The molecule has 0 saturated carbocycles. The van der Waals surface area contributed by atoms with Crippen LogP contribution in [0, 0.1) is 6.92 Å². The summed E-state index contributed by atoms with van der Waals surface area (Å²) in [5.74, 6) is -0.817. The number of carbonyl (C=O) groups is 3. The Balaban J connectivity index is 1.47. The Morgan fingerprint density at radius 2 is 1.69 bits per heavy atom. The molecule has 0 fully saturated rings. The highest BCUT2D eigenvalue weighted by Gasteiger charge is 2.15. The van der Waals surface area contributed by atoms with Crippen molar-refractivity contribution in [1.29, 1.82) is 0 Å². The second-order valence-electron chi connectivity index (χ2n) is 6.58. The molecule has 0 aliphatic heterocycles. The van der Waals surface area contributed by atoms with Gasteiger partial charge >= 0.3 is 0 Å². The van der Waals surface area contributed by atoms with E-state index in [0.717, 1.165) is 24.8 Å². The number of ketones is 1. The van der Waals surface area contributed by atoms with Gasteiger partial charge in [-0.1, -0.05) is 30.3 Å². The molecule has 134 valence electrons. The summed E-state index contributed by atoms with van der Waals surface area (Å²) in [6.07, 6.45) is 3.37. The van der Waals surface area contributed by atoms with Gasteiger partial charge in [0, 0.05) is 24.0 Å². The summed E-state index contributed by atoms with van der Waals surface area (Å²) in [5.41, 5.74) is 9.29. The van der Waals surface area contributed by atoms with Gasteiger partial charge in [0.25, 0.3) is 5.91 Å². The average molecular weight is 350 g/mol. The van der Waals surface area contributed by atoms with Crippen molar-refractivity contribution in [3.63, 3.8) is 0 Å². The monoisotopic (exact) mass is 350 g/mol. The fraction of sp³-hybridized carbons (Fsp3) is 0.286. The third kappa shape index (κ3) is 4.17. The van der Waals surface area contributed by atoms with E-state index in [1.165, 1.54) is 11.1 Å². The molecule has 0 saturated heterocycles. The standard InChI is InChI=1S/C21H22N2O3/c1-14-5-2-3-8-18(14)21(26)23-22-20(25)12-11-19(24)17-10-9-15-6-4-7-16(15)13-17/h2-3,5,8-10,13H,4,6-7,11-12H2,1H3,(H,22,25)(H,23,26). The van der Waals surface area contributed by atoms with Crippen LogP contribution in [0.5, 0.6) is 0 Å². The van der Waals surface area contributed by atoms with Gasteiger partial charge in [0.15, 0.2) is 5.78 Å². The van der Waals surface area contributed by atoms with E-state index >= 15 is 0 Å². The van der Waals surface area contributed by atoms with Crippen molar-refractivity contribution in [3.8, 4) is 0 Å². The summed E-state index contributed by atoms with van der Waals surface area (Å²) < 4.78 is 0. The van der Waals surface area contributed by atoms with Crippen LogP contribution >= 0.6 is 0 Å². The molecule has 0 aromatic heterocycles. The Labute approximate surface area is 152 Å². The van der Waals surface area contributed by atoms with Crippen LogP contribution in [-0.2, 0) is 17.6 Å². The van der Waals surface area contributed by atoms with E-state index in [1.807, 2.05) is 37.3 Å². The quantitative estimate of drug-likeness (QED) is 0.643. The van der Waals surface area contributed by atoms with Crippen LogP contribution in [0.4, 0.5) is 0 Å². The van der Waals surface area contributed by atoms with Crippen molar-refractivity contribution >= 4 is 17.6 Å². The molecular formula is C21H22N2O3. The first-order valence-electron chi connectivity index (χ1n) is 8.84. The molecule has 0 bridgehead atoms. The second-order valence-corrected chi connectivity index (χ2v) is 6.58. The van der Waals surface area contributed by atoms with Gasteiger partial charge < -0.3 is 0 Å². The van der Waals surface area contributed by atoms with Crippen molar-refractivity contribution in [2.24, 2.45) is 0 Å². The highest BCUT2D eigenvalue weighted by molar-refractivity contribution is 5.99. The topological polar surface area (TPSA) is 75.3 Å². The first-order valence-corrected chi connectivity index (χ1v) is 8.84. The van der Waals surface area contributed by atoms with Crippen molar-refractivity contribution in [1.82, 2.24) is 10.9 Å². The van der Waals surface area contributed by atoms with Crippen molar-refractivity contribution in [2.45, 2.75) is 39.0 Å². The lowest BCUT2D eigenvalue weighted by Gasteiger charge is -2.09. The van der Waals surface area contributed by atoms with Gasteiger partial charge in [-0.15, -0.1) is 0 Å². The van der Waals surface area contributed by atoms with E-state index in [9.17, 15) is 14.4 Å². The predicted octanol–water partition coefficient (Wildman–Crippen LogP) is 2.91. The number of hydrogen-bond acceptors (Lipinski definition) is 3. The number of aryl methyl sites for hydroxylation is 3. The molecule has 0 heterocycles. The summed E-state index contributed by atoms with van der Waals surface area (Å²) in [6.45, 7) is 1.83. The maximum absolute atomic E-state index is 12.3. The number of amides is 2. The van der Waals surface area contributed by atoms with Crippen molar-refractivity contribution in [3.05, 3.63) is 70.3 Å². The van der Waals surface area contributed by atoms with E-state index in [0.29, 0.717) is 11.1 Å². The maximum atomic E-state index is 12.3. The van der Waals surface area contributed by atoms with Gasteiger partial charge in [-0.25, -0.2) is 0 Å². The Bertz CT molecular complexity index is 858. The first kappa shape index (κ1) is 17.9. The van der Waals surface area contributed by atoms with Gasteiger partial charge in [0.2, 0.25) is 5.91 Å². The lowest BCUT2D eigenvalue weighted by molar-refractivity contribution is -0.121. The lowest BCUT2D eigenvalue weighted by Crippen LogP contribution is -2.41. The molecule has 26 heavy (non-hydrogen) atoms. The Kier molecular flexibility index (Phi) is 5.46. The molecule has 1 aliphatic rings. The van der Waals surface area contributed by atoms with Crippen LogP contribution in [0.3, 0.4) is 0 Å². The maximum Gasteiger partial charge on any atom is 0.269 e. The molecule has 3 rings (SSSR count). The minimum atomic E-state index is -0.388. The van der Waals surface area contributed by atoms with E-state index in [-0.39, 0.29) is 30.4 Å². The number of hydrazine groups is 1. The molecule has 0 spiro atoms. The molecule has 5 heteroatoms. The second kappa shape index (κ2) is 7.95. The van der Waals surface area contributed by atoms with E-state index < -0.39 is 0 Å². The van der Waals surface area contributed by atoms with Crippen LogP contribution in [-0.4, -0.2) is 17.6 Å². The summed E-state index contributed by atoms with van der Waals surface area (Å²) in [7, 11) is 0. The van der Waals surface area contributed by atoms with Gasteiger partial charge in [0.05, 0.1) is 0 Å². The van der Waals surface area contributed by atoms with E-state index in [2.05, 4.69) is 10.9 Å². The normalized spacial score (nSPS) is 12.3. The fourth-order valence-electron chi connectivity index (χ4n) is 3.20. The summed E-state index contributed by atoms with van der Waals surface area (Å²) in [6, 6.07) is 12.9. The largest absolute Gasteiger partial charge is 0.294 e. The van der Waals surface area contributed by atoms with Gasteiger partial charge in [-0.2, -0.15) is 0 Å². The van der Waals surface area contributed by atoms with Gasteiger partial charge in [0.1, 0.15) is 0 Å². The Morgan fingerprint density at radius 1 is 0.923 bits per heavy atom. The Hall–Kier alpha value is -2.95. The minimum absolute atomic E-state index is 0.0317. The Morgan fingerprint density at radius 3 is 2.50 bits per heavy atom. The molecule has 1 aliphatic carbocycles. The molecule has 2 aromatic carbocycles. The molecule has 0 atom stereocenters. The van der Waals surface area contributed by atoms with Crippen molar-refractivity contribution < 1.29 is 14.4 Å². The highest BCUT2D eigenvalue weighted by Crippen LogP contribution is 2.23. The molecule has 2 amide bonds.